The van der Waals surface area contributed by atoms with Gasteiger partial charge >= 0.3 is 6.18 Å². The Bertz CT molecular complexity index is 1370. The summed E-state index contributed by atoms with van der Waals surface area (Å²) < 4.78 is 46.0. The van der Waals surface area contributed by atoms with Gasteiger partial charge < -0.3 is 9.47 Å². The van der Waals surface area contributed by atoms with Gasteiger partial charge in [0.05, 0.1) is 29.7 Å². The van der Waals surface area contributed by atoms with Gasteiger partial charge in [0.2, 0.25) is 0 Å². The number of aromatic nitrogens is 5. The fourth-order valence-corrected chi connectivity index (χ4v) is 5.50. The van der Waals surface area contributed by atoms with Crippen molar-refractivity contribution in [1.82, 2.24) is 29.0 Å². The number of hydrogen-bond acceptors (Lipinski definition) is 6. The van der Waals surface area contributed by atoms with Crippen LogP contribution in [0.25, 0.3) is 11.0 Å². The molecule has 0 saturated carbocycles. The van der Waals surface area contributed by atoms with E-state index >= 15 is 0 Å². The molecular formula is C25H33F3N8O. The minimum Gasteiger partial charge on any atom is -0.364 e. The minimum atomic E-state index is -4.50. The van der Waals surface area contributed by atoms with Crippen LogP contribution < -0.4 is 10.5 Å². The normalized spacial score (nSPS) is 19.9. The van der Waals surface area contributed by atoms with E-state index in [4.69, 9.17) is 5.26 Å². The Hall–Kier alpha value is -3.33. The molecule has 37 heavy (non-hydrogen) atoms. The number of nitrogens with zero attached hydrogens (tertiary/aromatic N) is 8. The van der Waals surface area contributed by atoms with E-state index in [1.807, 2.05) is 20.8 Å². The minimum absolute atomic E-state index is 0.0442. The standard InChI is InChI=1S/C25H33F3N8O/c1-6-17-14-35(20-11-22(37)32(5)21-15-33(10-9-29)31-23(20)21)18(7-2)13-34(17)16(4)19-12-30-36(8-3)24(19)25(26,27)28/h11-12,15-18H,6-8,10,13-14H2,1-5H3/t16?,17-,18+/m1/s1. The Morgan fingerprint density at radius 1 is 1.19 bits per heavy atom. The van der Waals surface area contributed by atoms with Crippen molar-refractivity contribution in [3.05, 3.63) is 40.1 Å². The lowest BCUT2D eigenvalue weighted by Gasteiger charge is -2.49. The van der Waals surface area contributed by atoms with E-state index in [9.17, 15) is 18.0 Å². The van der Waals surface area contributed by atoms with Crippen molar-refractivity contribution in [3.63, 3.8) is 0 Å². The highest BCUT2D eigenvalue weighted by atomic mass is 19.4. The van der Waals surface area contributed by atoms with Crippen molar-refractivity contribution in [1.29, 1.82) is 5.26 Å². The summed E-state index contributed by atoms with van der Waals surface area (Å²) in [6.45, 7) is 8.80. The summed E-state index contributed by atoms with van der Waals surface area (Å²) in [7, 11) is 1.67. The second kappa shape index (κ2) is 10.2. The third kappa shape index (κ3) is 4.72. The van der Waals surface area contributed by atoms with Crippen molar-refractivity contribution in [3.8, 4) is 6.07 Å². The molecule has 200 valence electrons. The molecule has 0 aliphatic carbocycles. The van der Waals surface area contributed by atoms with Crippen LogP contribution in [0, 0.1) is 11.3 Å². The zero-order valence-electron chi connectivity index (χ0n) is 21.8. The van der Waals surface area contributed by atoms with Gasteiger partial charge in [-0.15, -0.1) is 0 Å². The van der Waals surface area contributed by atoms with Gasteiger partial charge in [-0.05, 0) is 26.7 Å². The van der Waals surface area contributed by atoms with Gasteiger partial charge in [-0.2, -0.15) is 28.6 Å². The predicted molar refractivity (Wildman–Crippen MR) is 134 cm³/mol. The van der Waals surface area contributed by atoms with Gasteiger partial charge in [0, 0.05) is 56.4 Å². The van der Waals surface area contributed by atoms with Crippen molar-refractivity contribution in [2.24, 2.45) is 7.05 Å². The van der Waals surface area contributed by atoms with Crippen molar-refractivity contribution in [2.75, 3.05) is 18.0 Å². The van der Waals surface area contributed by atoms with Gasteiger partial charge in [-0.25, -0.2) is 0 Å². The number of fused-ring (bicyclic) bond motifs is 1. The van der Waals surface area contributed by atoms with Crippen LogP contribution in [-0.4, -0.2) is 54.2 Å². The molecule has 1 fully saturated rings. The molecule has 0 amide bonds. The molecule has 0 spiro atoms. The van der Waals surface area contributed by atoms with Gasteiger partial charge in [0.15, 0.2) is 0 Å². The summed E-state index contributed by atoms with van der Waals surface area (Å²) in [5, 5.41) is 17.7. The first-order valence-corrected chi connectivity index (χ1v) is 12.6. The van der Waals surface area contributed by atoms with Gasteiger partial charge in [0.1, 0.15) is 17.8 Å². The number of halogens is 3. The van der Waals surface area contributed by atoms with Crippen LogP contribution in [0.15, 0.2) is 23.3 Å². The molecule has 0 bridgehead atoms. The maximum atomic E-state index is 14.0. The van der Waals surface area contributed by atoms with Crippen LogP contribution in [0.4, 0.5) is 18.9 Å². The average Bonchev–Trinajstić information content (AvgIpc) is 3.50. The fourth-order valence-electron chi connectivity index (χ4n) is 5.50. The first-order chi connectivity index (χ1) is 17.5. The molecule has 3 aromatic heterocycles. The molecular weight excluding hydrogens is 485 g/mol. The molecule has 0 N–H and O–H groups in total. The number of alkyl halides is 3. The Balaban J connectivity index is 1.74. The molecule has 3 atom stereocenters. The number of piperazine rings is 1. The lowest BCUT2D eigenvalue weighted by atomic mass is 9.96. The third-order valence-electron chi connectivity index (χ3n) is 7.54. The van der Waals surface area contributed by atoms with Crippen molar-refractivity contribution >= 4 is 16.7 Å². The molecule has 1 aliphatic heterocycles. The zero-order valence-corrected chi connectivity index (χ0v) is 21.8. The van der Waals surface area contributed by atoms with Gasteiger partial charge in [-0.1, -0.05) is 13.8 Å². The van der Waals surface area contributed by atoms with Crippen LogP contribution in [0.5, 0.6) is 0 Å². The number of pyridine rings is 1. The molecule has 9 nitrogen and oxygen atoms in total. The lowest BCUT2D eigenvalue weighted by molar-refractivity contribution is -0.145. The molecule has 1 unspecified atom stereocenters. The van der Waals surface area contributed by atoms with Crippen LogP contribution in [0.2, 0.25) is 0 Å². The molecule has 4 heterocycles. The maximum Gasteiger partial charge on any atom is 0.433 e. The molecule has 3 aromatic rings. The third-order valence-corrected chi connectivity index (χ3v) is 7.54. The summed E-state index contributed by atoms with van der Waals surface area (Å²) in [4.78, 5) is 17.2. The van der Waals surface area contributed by atoms with Crippen molar-refractivity contribution < 1.29 is 13.2 Å². The molecule has 0 radical (unpaired) electrons. The molecule has 1 aliphatic rings. The fraction of sp³-hybridized carbons (Fsp3) is 0.600. The quantitative estimate of drug-likeness (QED) is 0.471. The Morgan fingerprint density at radius 2 is 1.89 bits per heavy atom. The summed E-state index contributed by atoms with van der Waals surface area (Å²) in [5.41, 5.74) is 1.28. The SMILES string of the molecule is CC[C@H]1CN(C(C)c2cnn(CC)c2C(F)(F)F)[C@H](CC)CN1c1cc(=O)n(C)c2cn(CC#N)nc12. The smallest absolute Gasteiger partial charge is 0.364 e. The lowest BCUT2D eigenvalue weighted by Crippen LogP contribution is -2.59. The van der Waals surface area contributed by atoms with E-state index in [2.05, 4.69) is 26.1 Å². The highest BCUT2D eigenvalue weighted by Gasteiger charge is 2.42. The van der Waals surface area contributed by atoms with E-state index in [1.165, 1.54) is 15.4 Å². The highest BCUT2D eigenvalue weighted by Crippen LogP contribution is 2.39. The molecule has 12 heteroatoms. The van der Waals surface area contributed by atoms with E-state index in [0.29, 0.717) is 29.8 Å². The number of nitriles is 1. The number of anilines is 1. The monoisotopic (exact) mass is 518 g/mol. The maximum absolute atomic E-state index is 14.0. The van der Waals surface area contributed by atoms with Crippen LogP contribution in [0.3, 0.4) is 0 Å². The van der Waals surface area contributed by atoms with E-state index < -0.39 is 17.9 Å². The molecule has 4 rings (SSSR count). The Labute approximate surface area is 213 Å². The summed E-state index contributed by atoms with van der Waals surface area (Å²) >= 11 is 0. The van der Waals surface area contributed by atoms with E-state index in [1.54, 1.807) is 26.2 Å². The van der Waals surface area contributed by atoms with Gasteiger partial charge in [-0.3, -0.25) is 19.1 Å². The first kappa shape index (κ1) is 26.7. The van der Waals surface area contributed by atoms with Crippen LogP contribution >= 0.6 is 0 Å². The zero-order chi connectivity index (χ0) is 27.1. The Morgan fingerprint density at radius 3 is 2.49 bits per heavy atom. The Kier molecular flexibility index (Phi) is 7.37. The highest BCUT2D eigenvalue weighted by molar-refractivity contribution is 5.88. The van der Waals surface area contributed by atoms with E-state index in [-0.39, 0.29) is 36.3 Å². The topological polar surface area (TPSA) is 87.9 Å². The second-order valence-corrected chi connectivity index (χ2v) is 9.56. The van der Waals surface area contributed by atoms with Crippen LogP contribution in [-0.2, 0) is 26.3 Å². The van der Waals surface area contributed by atoms with Crippen LogP contribution in [0.1, 0.15) is 57.8 Å². The molecule has 0 aromatic carbocycles. The largest absolute Gasteiger partial charge is 0.433 e. The number of rotatable bonds is 7. The van der Waals surface area contributed by atoms with Gasteiger partial charge in [0.25, 0.3) is 5.56 Å². The predicted octanol–water partition coefficient (Wildman–Crippen LogP) is 3.93. The molecule has 1 saturated heterocycles. The van der Waals surface area contributed by atoms with Crippen molar-refractivity contribution in [2.45, 2.75) is 77.9 Å². The summed E-state index contributed by atoms with van der Waals surface area (Å²) in [6.07, 6.45) is 0.00214. The average molecular weight is 519 g/mol. The number of aryl methyl sites for hydroxylation is 2. The second-order valence-electron chi connectivity index (χ2n) is 9.56. The first-order valence-electron chi connectivity index (χ1n) is 12.6. The van der Waals surface area contributed by atoms with E-state index in [0.717, 1.165) is 17.5 Å². The summed E-state index contributed by atoms with van der Waals surface area (Å²) in [6, 6.07) is 3.07. The number of hydrogen-bond donors (Lipinski definition) is 0. The summed E-state index contributed by atoms with van der Waals surface area (Å²) in [5.74, 6) is 0.